The number of nitrogens with two attached hydrogens (primary N) is 1. The number of piperidine rings is 1. The molecule has 3 heterocycles. The second-order valence-electron chi connectivity index (χ2n) is 7.57. The number of anilines is 2. The zero-order chi connectivity index (χ0) is 23.4. The van der Waals surface area contributed by atoms with Gasteiger partial charge in [0.25, 0.3) is 5.91 Å². The predicted octanol–water partition coefficient (Wildman–Crippen LogP) is 3.17. The van der Waals surface area contributed by atoms with Crippen LogP contribution in [0.3, 0.4) is 0 Å². The number of benzene rings is 1. The lowest BCUT2D eigenvalue weighted by molar-refractivity contribution is 0.102. The van der Waals surface area contributed by atoms with Crippen LogP contribution in [0.5, 0.6) is 5.88 Å². The molecule has 0 radical (unpaired) electrons. The molecule has 0 saturated carbocycles. The van der Waals surface area contributed by atoms with Crippen LogP contribution in [0, 0.1) is 23.4 Å². The van der Waals surface area contributed by atoms with Gasteiger partial charge in [-0.2, -0.15) is 4.98 Å². The van der Waals surface area contributed by atoms with Gasteiger partial charge in [-0.3, -0.25) is 4.79 Å². The van der Waals surface area contributed by atoms with Crippen LogP contribution in [0.25, 0.3) is 11.3 Å². The van der Waals surface area contributed by atoms with Gasteiger partial charge in [-0.15, -0.1) is 0 Å². The fraction of sp³-hybridized carbons (Fsp3) is 0.273. The summed E-state index contributed by atoms with van der Waals surface area (Å²) in [6.45, 7) is 2.18. The van der Waals surface area contributed by atoms with E-state index >= 15 is 0 Å². The van der Waals surface area contributed by atoms with E-state index in [2.05, 4.69) is 25.6 Å². The Balaban J connectivity index is 1.58. The molecule has 1 aromatic carbocycles. The topological polar surface area (TPSA) is 115 Å². The number of hydrogen-bond donors (Lipinski definition) is 3. The van der Waals surface area contributed by atoms with Crippen LogP contribution in [-0.2, 0) is 0 Å². The zero-order valence-electron chi connectivity index (χ0n) is 17.4. The van der Waals surface area contributed by atoms with Crippen molar-refractivity contribution in [3.05, 3.63) is 59.9 Å². The lowest BCUT2D eigenvalue weighted by Crippen LogP contribution is -2.33. The molecule has 2 aromatic heterocycles. The number of nitrogens with one attached hydrogen (secondary N) is 2. The van der Waals surface area contributed by atoms with E-state index < -0.39 is 40.3 Å². The second-order valence-corrected chi connectivity index (χ2v) is 7.57. The molecule has 8 nitrogen and oxygen atoms in total. The third-order valence-electron chi connectivity index (χ3n) is 5.20. The smallest absolute Gasteiger partial charge is 0.276 e. The maximum atomic E-state index is 14.5. The Morgan fingerprint density at radius 2 is 2.03 bits per heavy atom. The number of nitrogens with zero attached hydrogens (tertiary/aromatic N) is 3. The molecule has 1 unspecified atom stereocenters. The molecular weight excluding hydrogens is 437 g/mol. The standard InChI is InChI=1S/C22H21F3N6O2/c23-13-4-1-5-14(24)18(13)19-15(25)7-16(26)20(31-19)21(32)30-17-9-28-11-29-22(17)33-10-12-3-2-6-27-8-12/h1,4-5,7,9,11-12,27H,2-3,6,8,10,26H2,(H,30,32). The van der Waals surface area contributed by atoms with Gasteiger partial charge in [-0.1, -0.05) is 6.07 Å². The Morgan fingerprint density at radius 3 is 2.76 bits per heavy atom. The van der Waals surface area contributed by atoms with Gasteiger partial charge in [-0.25, -0.2) is 23.1 Å². The Bertz CT molecular complexity index is 1150. The molecular formula is C22H21F3N6O2. The largest absolute Gasteiger partial charge is 0.476 e. The molecule has 3 aromatic rings. The molecule has 11 heteroatoms. The summed E-state index contributed by atoms with van der Waals surface area (Å²) in [6, 6.07) is 3.85. The molecule has 0 bridgehead atoms. The summed E-state index contributed by atoms with van der Waals surface area (Å²) in [6.07, 6.45) is 4.65. The van der Waals surface area contributed by atoms with Gasteiger partial charge < -0.3 is 21.1 Å². The molecule has 0 aliphatic carbocycles. The number of carbonyl (C=O) groups is 1. The van der Waals surface area contributed by atoms with Crippen LogP contribution in [-0.4, -0.2) is 40.6 Å². The molecule has 33 heavy (non-hydrogen) atoms. The first-order valence-corrected chi connectivity index (χ1v) is 10.3. The quantitative estimate of drug-likeness (QED) is 0.520. The van der Waals surface area contributed by atoms with Gasteiger partial charge >= 0.3 is 0 Å². The van der Waals surface area contributed by atoms with E-state index in [0.717, 1.165) is 50.2 Å². The maximum Gasteiger partial charge on any atom is 0.276 e. The third-order valence-corrected chi connectivity index (χ3v) is 5.20. The number of nitrogen functional groups attached to an aromatic ring is 1. The maximum absolute atomic E-state index is 14.5. The van der Waals surface area contributed by atoms with Crippen molar-refractivity contribution in [1.82, 2.24) is 20.3 Å². The summed E-state index contributed by atoms with van der Waals surface area (Å²) in [5.74, 6) is -3.52. The SMILES string of the molecule is Nc1cc(F)c(-c2c(F)cccc2F)nc1C(=O)Nc1cncnc1OCC1CCCNC1. The van der Waals surface area contributed by atoms with Gasteiger partial charge in [0.2, 0.25) is 5.88 Å². The summed E-state index contributed by atoms with van der Waals surface area (Å²) in [5, 5.41) is 5.81. The number of carbonyl (C=O) groups excluding carboxylic acids is 1. The van der Waals surface area contributed by atoms with E-state index in [-0.39, 0.29) is 17.3 Å². The van der Waals surface area contributed by atoms with Gasteiger partial charge in [-0.05, 0) is 31.5 Å². The Kier molecular flexibility index (Phi) is 6.68. The van der Waals surface area contributed by atoms with Gasteiger partial charge in [0.1, 0.15) is 29.3 Å². The van der Waals surface area contributed by atoms with E-state index in [1.54, 1.807) is 0 Å². The number of halogens is 3. The van der Waals surface area contributed by atoms with Crippen LogP contribution in [0.1, 0.15) is 23.3 Å². The normalized spacial score (nSPS) is 15.8. The highest BCUT2D eigenvalue weighted by atomic mass is 19.1. The van der Waals surface area contributed by atoms with E-state index in [4.69, 9.17) is 10.5 Å². The minimum Gasteiger partial charge on any atom is -0.476 e. The van der Waals surface area contributed by atoms with Crippen molar-refractivity contribution in [2.75, 3.05) is 30.7 Å². The van der Waals surface area contributed by atoms with Crippen molar-refractivity contribution < 1.29 is 22.7 Å². The monoisotopic (exact) mass is 458 g/mol. The fourth-order valence-corrected chi connectivity index (χ4v) is 3.55. The molecule has 1 saturated heterocycles. The van der Waals surface area contributed by atoms with E-state index in [1.807, 2.05) is 0 Å². The summed E-state index contributed by atoms with van der Waals surface area (Å²) >= 11 is 0. The summed E-state index contributed by atoms with van der Waals surface area (Å²) in [7, 11) is 0. The van der Waals surface area contributed by atoms with Crippen LogP contribution in [0.2, 0.25) is 0 Å². The number of amides is 1. The molecule has 4 rings (SSSR count). The van der Waals surface area contributed by atoms with Crippen molar-refractivity contribution in [3.8, 4) is 17.1 Å². The first-order valence-electron chi connectivity index (χ1n) is 10.3. The van der Waals surface area contributed by atoms with Crippen molar-refractivity contribution in [2.45, 2.75) is 12.8 Å². The van der Waals surface area contributed by atoms with Gasteiger partial charge in [0.15, 0.2) is 11.5 Å². The van der Waals surface area contributed by atoms with E-state index in [9.17, 15) is 18.0 Å². The van der Waals surface area contributed by atoms with E-state index in [0.29, 0.717) is 12.5 Å². The summed E-state index contributed by atoms with van der Waals surface area (Å²) < 4.78 is 48.6. The van der Waals surface area contributed by atoms with Gasteiger partial charge in [0, 0.05) is 18.5 Å². The van der Waals surface area contributed by atoms with Crippen LogP contribution in [0.4, 0.5) is 24.5 Å². The van der Waals surface area contributed by atoms with Crippen molar-refractivity contribution in [3.63, 3.8) is 0 Å². The number of ether oxygens (including phenoxy) is 1. The van der Waals surface area contributed by atoms with Crippen LogP contribution >= 0.6 is 0 Å². The zero-order valence-corrected chi connectivity index (χ0v) is 17.4. The van der Waals surface area contributed by atoms with Crippen LogP contribution in [0.15, 0.2) is 36.8 Å². The predicted molar refractivity (Wildman–Crippen MR) is 115 cm³/mol. The molecule has 172 valence electrons. The third kappa shape index (κ3) is 5.03. The first kappa shape index (κ1) is 22.5. The number of hydrogen-bond acceptors (Lipinski definition) is 7. The second kappa shape index (κ2) is 9.82. The highest BCUT2D eigenvalue weighted by molar-refractivity contribution is 6.07. The molecule has 1 aliphatic heterocycles. The van der Waals surface area contributed by atoms with Crippen molar-refractivity contribution >= 4 is 17.3 Å². The van der Waals surface area contributed by atoms with Crippen molar-refractivity contribution in [2.24, 2.45) is 5.92 Å². The highest BCUT2D eigenvalue weighted by Crippen LogP contribution is 2.29. The summed E-state index contributed by atoms with van der Waals surface area (Å²) in [5.41, 5.74) is 3.83. The number of pyridine rings is 1. The minimum absolute atomic E-state index is 0.143. The average molecular weight is 458 g/mol. The fourth-order valence-electron chi connectivity index (χ4n) is 3.55. The van der Waals surface area contributed by atoms with E-state index in [1.165, 1.54) is 12.5 Å². The van der Waals surface area contributed by atoms with Crippen molar-refractivity contribution in [1.29, 1.82) is 0 Å². The first-order chi connectivity index (χ1) is 15.9. The lowest BCUT2D eigenvalue weighted by atomic mass is 10.0. The Labute approximate surface area is 187 Å². The minimum atomic E-state index is -1.07. The molecule has 0 spiro atoms. The highest BCUT2D eigenvalue weighted by Gasteiger charge is 2.23. The molecule has 1 amide bonds. The number of rotatable bonds is 6. The Hall–Kier alpha value is -3.73. The molecule has 1 aliphatic rings. The van der Waals surface area contributed by atoms with Gasteiger partial charge in [0.05, 0.1) is 24.1 Å². The molecule has 1 fully saturated rings. The lowest BCUT2D eigenvalue weighted by Gasteiger charge is -2.22. The number of aromatic nitrogens is 3. The average Bonchev–Trinajstić information content (AvgIpc) is 2.80. The summed E-state index contributed by atoms with van der Waals surface area (Å²) in [4.78, 5) is 24.6. The molecule has 1 atom stereocenters. The Morgan fingerprint density at radius 1 is 1.24 bits per heavy atom. The van der Waals surface area contributed by atoms with Crippen LogP contribution < -0.4 is 21.1 Å². The molecule has 4 N–H and O–H groups in total.